The zero-order valence-electron chi connectivity index (χ0n) is 12.7. The Morgan fingerprint density at radius 1 is 1.21 bits per heavy atom. The number of hydrogen-bond donors (Lipinski definition) is 0. The van der Waals surface area contributed by atoms with Crippen LogP contribution >= 0.6 is 0 Å². The smallest absolute Gasteiger partial charge is 0.156 e. The molecule has 0 saturated carbocycles. The summed E-state index contributed by atoms with van der Waals surface area (Å²) < 4.78 is 0. The van der Waals surface area contributed by atoms with Gasteiger partial charge in [0.05, 0.1) is 6.04 Å². The molecule has 0 aromatic heterocycles. The first-order valence-electron chi connectivity index (χ1n) is 6.67. The monoisotopic (exact) mass is 259 g/mol. The molecule has 0 unspecified atom stereocenters. The van der Waals surface area contributed by atoms with Crippen molar-refractivity contribution in [2.45, 2.75) is 32.7 Å². The number of likely N-dealkylation sites (N-methyl/N-ethyl adjacent to an activating group) is 1. The standard InChI is InChI=1S/C17H25NO/c1-7-14(13-11-9-8-10-12-13)15(18(5)6)16(19)17(2,3)4/h7-12,14-15H,1H2,2-6H3/t14-,15+/m1/s1. The predicted octanol–water partition coefficient (Wildman–Crippen LogP) is 3.50. The molecule has 1 aromatic rings. The van der Waals surface area contributed by atoms with E-state index in [2.05, 4.69) is 18.7 Å². The molecule has 0 fully saturated rings. The molecule has 19 heavy (non-hydrogen) atoms. The van der Waals surface area contributed by atoms with E-state index in [1.165, 1.54) is 0 Å². The third-order valence-corrected chi connectivity index (χ3v) is 3.34. The second kappa shape index (κ2) is 6.16. The van der Waals surface area contributed by atoms with Gasteiger partial charge >= 0.3 is 0 Å². The highest BCUT2D eigenvalue weighted by atomic mass is 16.1. The Labute approximate surface area is 117 Å². The third kappa shape index (κ3) is 3.77. The van der Waals surface area contributed by atoms with Crippen molar-refractivity contribution in [1.29, 1.82) is 0 Å². The lowest BCUT2D eigenvalue weighted by Gasteiger charge is -2.34. The highest BCUT2D eigenvalue weighted by molar-refractivity contribution is 5.90. The quantitative estimate of drug-likeness (QED) is 0.754. The molecule has 0 aliphatic rings. The van der Waals surface area contributed by atoms with E-state index in [4.69, 9.17) is 0 Å². The minimum Gasteiger partial charge on any atom is -0.299 e. The molecular formula is C17H25NO. The maximum atomic E-state index is 12.7. The molecule has 0 aliphatic heterocycles. The molecule has 2 nitrogen and oxygen atoms in total. The van der Waals surface area contributed by atoms with Gasteiger partial charge in [0.15, 0.2) is 5.78 Å². The molecule has 0 heterocycles. The second-order valence-electron chi connectivity index (χ2n) is 6.19. The maximum Gasteiger partial charge on any atom is 0.156 e. The molecule has 104 valence electrons. The van der Waals surface area contributed by atoms with Gasteiger partial charge in [0.2, 0.25) is 0 Å². The van der Waals surface area contributed by atoms with E-state index in [1.807, 2.05) is 64.0 Å². The average Bonchev–Trinajstić information content (AvgIpc) is 2.34. The highest BCUT2D eigenvalue weighted by Crippen LogP contribution is 2.29. The van der Waals surface area contributed by atoms with Gasteiger partial charge in [-0.2, -0.15) is 0 Å². The van der Waals surface area contributed by atoms with Crippen LogP contribution in [0.25, 0.3) is 0 Å². The van der Waals surface area contributed by atoms with Crippen molar-refractivity contribution < 1.29 is 4.79 Å². The summed E-state index contributed by atoms with van der Waals surface area (Å²) in [6.07, 6.45) is 1.88. The van der Waals surface area contributed by atoms with Crippen LogP contribution in [0.2, 0.25) is 0 Å². The second-order valence-corrected chi connectivity index (χ2v) is 6.19. The van der Waals surface area contributed by atoms with Crippen molar-refractivity contribution in [3.05, 3.63) is 48.6 Å². The van der Waals surface area contributed by atoms with E-state index < -0.39 is 0 Å². The first kappa shape index (κ1) is 15.6. The Bertz CT molecular complexity index is 428. The maximum absolute atomic E-state index is 12.7. The number of nitrogens with zero attached hydrogens (tertiary/aromatic N) is 1. The lowest BCUT2D eigenvalue weighted by molar-refractivity contribution is -0.131. The van der Waals surface area contributed by atoms with E-state index in [-0.39, 0.29) is 23.2 Å². The molecule has 0 amide bonds. The predicted molar refractivity (Wildman–Crippen MR) is 81.3 cm³/mol. The molecule has 0 radical (unpaired) electrons. The molecule has 0 spiro atoms. The fourth-order valence-electron chi connectivity index (χ4n) is 2.28. The summed E-state index contributed by atoms with van der Waals surface area (Å²) >= 11 is 0. The number of rotatable bonds is 5. The zero-order chi connectivity index (χ0) is 14.6. The number of carbonyl (C=O) groups is 1. The van der Waals surface area contributed by atoms with Gasteiger partial charge in [0.1, 0.15) is 0 Å². The summed E-state index contributed by atoms with van der Waals surface area (Å²) in [6.45, 7) is 9.83. The first-order chi connectivity index (χ1) is 8.79. The van der Waals surface area contributed by atoms with Crippen molar-refractivity contribution in [3.8, 4) is 0 Å². The lowest BCUT2D eigenvalue weighted by Crippen LogP contribution is -2.45. The van der Waals surface area contributed by atoms with Gasteiger partial charge < -0.3 is 0 Å². The number of carbonyl (C=O) groups excluding carboxylic acids is 1. The minimum absolute atomic E-state index is 0.0166. The average molecular weight is 259 g/mol. The zero-order valence-corrected chi connectivity index (χ0v) is 12.7. The summed E-state index contributed by atoms with van der Waals surface area (Å²) in [5.74, 6) is 0.258. The highest BCUT2D eigenvalue weighted by Gasteiger charge is 2.35. The number of hydrogen-bond acceptors (Lipinski definition) is 2. The third-order valence-electron chi connectivity index (χ3n) is 3.34. The normalized spacial score (nSPS) is 15.1. The van der Waals surface area contributed by atoms with Gasteiger partial charge in [-0.1, -0.05) is 57.2 Å². The molecule has 2 heteroatoms. The van der Waals surface area contributed by atoms with Crippen LogP contribution in [0.15, 0.2) is 43.0 Å². The fourth-order valence-corrected chi connectivity index (χ4v) is 2.28. The Morgan fingerprint density at radius 2 is 1.74 bits per heavy atom. The van der Waals surface area contributed by atoms with E-state index in [9.17, 15) is 4.79 Å². The van der Waals surface area contributed by atoms with Crippen molar-refractivity contribution in [2.24, 2.45) is 5.41 Å². The van der Waals surface area contributed by atoms with Crippen LogP contribution in [0.3, 0.4) is 0 Å². The molecule has 1 aromatic carbocycles. The number of ketones is 1. The fraction of sp³-hybridized carbons (Fsp3) is 0.471. The summed E-state index contributed by atoms with van der Waals surface area (Å²) in [4.78, 5) is 14.7. The molecule has 0 N–H and O–H groups in total. The summed E-state index contributed by atoms with van der Waals surface area (Å²) in [5, 5.41) is 0. The van der Waals surface area contributed by atoms with Crippen molar-refractivity contribution >= 4 is 5.78 Å². The summed E-state index contributed by atoms with van der Waals surface area (Å²) in [7, 11) is 3.90. The number of benzene rings is 1. The minimum atomic E-state index is -0.356. The van der Waals surface area contributed by atoms with E-state index in [0.717, 1.165) is 5.56 Å². The first-order valence-corrected chi connectivity index (χ1v) is 6.67. The summed E-state index contributed by atoms with van der Waals surface area (Å²) in [6, 6.07) is 9.91. The van der Waals surface area contributed by atoms with Crippen LogP contribution in [-0.4, -0.2) is 30.8 Å². The van der Waals surface area contributed by atoms with Gasteiger partial charge in [-0.15, -0.1) is 6.58 Å². The topological polar surface area (TPSA) is 20.3 Å². The van der Waals surface area contributed by atoms with Crippen LogP contribution in [0, 0.1) is 5.41 Å². The van der Waals surface area contributed by atoms with Gasteiger partial charge in [-0.05, 0) is 19.7 Å². The van der Waals surface area contributed by atoms with Crippen molar-refractivity contribution in [2.75, 3.05) is 14.1 Å². The molecular weight excluding hydrogens is 234 g/mol. The SMILES string of the molecule is C=C[C@H](c1ccccc1)[C@@H](C(=O)C(C)(C)C)N(C)C. The molecule has 0 aliphatic carbocycles. The van der Waals surface area contributed by atoms with Crippen LogP contribution in [0.1, 0.15) is 32.3 Å². The molecule has 0 saturated heterocycles. The Morgan fingerprint density at radius 3 is 2.11 bits per heavy atom. The van der Waals surface area contributed by atoms with E-state index in [0.29, 0.717) is 0 Å². The Balaban J connectivity index is 3.17. The molecule has 2 atom stereocenters. The van der Waals surface area contributed by atoms with Gasteiger partial charge in [0.25, 0.3) is 0 Å². The van der Waals surface area contributed by atoms with E-state index in [1.54, 1.807) is 0 Å². The Hall–Kier alpha value is -1.41. The van der Waals surface area contributed by atoms with Gasteiger partial charge in [-0.25, -0.2) is 0 Å². The largest absolute Gasteiger partial charge is 0.299 e. The summed E-state index contributed by atoms with van der Waals surface area (Å²) in [5.41, 5.74) is 0.777. The molecule has 0 bridgehead atoms. The van der Waals surface area contributed by atoms with Crippen LogP contribution in [0.5, 0.6) is 0 Å². The van der Waals surface area contributed by atoms with Crippen LogP contribution in [-0.2, 0) is 4.79 Å². The van der Waals surface area contributed by atoms with Crippen molar-refractivity contribution in [1.82, 2.24) is 4.90 Å². The van der Waals surface area contributed by atoms with Crippen LogP contribution in [0.4, 0.5) is 0 Å². The lowest BCUT2D eigenvalue weighted by atomic mass is 9.78. The molecule has 1 rings (SSSR count). The van der Waals surface area contributed by atoms with Gasteiger partial charge in [0, 0.05) is 11.3 Å². The van der Waals surface area contributed by atoms with Gasteiger partial charge in [-0.3, -0.25) is 9.69 Å². The van der Waals surface area contributed by atoms with Crippen LogP contribution < -0.4 is 0 Å². The number of Topliss-reactive ketones (excluding diaryl/α,β-unsaturated/α-hetero) is 1. The Kier molecular flexibility index (Phi) is 5.07. The van der Waals surface area contributed by atoms with E-state index >= 15 is 0 Å². The van der Waals surface area contributed by atoms with Crippen molar-refractivity contribution in [3.63, 3.8) is 0 Å².